The molecule has 6 nitrogen and oxygen atoms in total. The van der Waals surface area contributed by atoms with Crippen LogP contribution in [0.3, 0.4) is 0 Å². The van der Waals surface area contributed by atoms with Crippen LogP contribution in [0, 0.1) is 0 Å². The van der Waals surface area contributed by atoms with Crippen LogP contribution in [0.15, 0.2) is 48.8 Å². The number of halogens is 1. The number of hydrogen-bond donors (Lipinski definition) is 0. The second-order valence-corrected chi connectivity index (χ2v) is 9.73. The molecule has 0 N–H and O–H groups in total. The smallest absolute Gasteiger partial charge is 0.337 e. The maximum atomic E-state index is 14.3. The molecule has 33 heavy (non-hydrogen) atoms. The molecule has 7 heteroatoms. The Hall–Kier alpha value is -2.93. The summed E-state index contributed by atoms with van der Waals surface area (Å²) in [5.41, 5.74) is 2.45. The van der Waals surface area contributed by atoms with E-state index >= 15 is 0 Å². The van der Waals surface area contributed by atoms with Gasteiger partial charge in [0, 0.05) is 49.8 Å². The molecule has 0 saturated carbocycles. The van der Waals surface area contributed by atoms with Crippen LogP contribution in [-0.2, 0) is 11.3 Å². The number of anilines is 1. The zero-order chi connectivity index (χ0) is 23.8. The monoisotopic (exact) mass is 452 g/mol. The molecule has 0 amide bonds. The lowest BCUT2D eigenvalue weighted by Gasteiger charge is -2.46. The van der Waals surface area contributed by atoms with Gasteiger partial charge in [0.2, 0.25) is 0 Å². The number of benzene rings is 1. The molecule has 0 aliphatic carbocycles. The van der Waals surface area contributed by atoms with Crippen molar-refractivity contribution in [2.24, 2.45) is 0 Å². The second-order valence-electron chi connectivity index (χ2n) is 9.73. The van der Waals surface area contributed by atoms with E-state index in [0.717, 1.165) is 35.4 Å². The quantitative estimate of drug-likeness (QED) is 0.515. The summed E-state index contributed by atoms with van der Waals surface area (Å²) in [4.78, 5) is 21.0. The summed E-state index contributed by atoms with van der Waals surface area (Å²) in [5.74, 6) is -0.333. The van der Waals surface area contributed by atoms with Crippen molar-refractivity contribution in [3.05, 3.63) is 59.9 Å². The van der Waals surface area contributed by atoms with Crippen LogP contribution in [0.4, 0.5) is 10.1 Å². The van der Waals surface area contributed by atoms with Gasteiger partial charge in [-0.2, -0.15) is 0 Å². The molecule has 2 atom stereocenters. The molecule has 0 spiro atoms. The van der Waals surface area contributed by atoms with Crippen molar-refractivity contribution in [1.29, 1.82) is 0 Å². The Morgan fingerprint density at radius 3 is 2.42 bits per heavy atom. The van der Waals surface area contributed by atoms with Crippen LogP contribution in [-0.4, -0.2) is 64.9 Å². The first kappa shape index (κ1) is 23.2. The number of carbonyl (C=O) groups excluding carboxylic acids is 1. The molecular formula is C26H33FN4O2. The molecule has 3 heterocycles. The van der Waals surface area contributed by atoms with E-state index in [0.29, 0.717) is 18.7 Å². The number of hydrogen-bond acceptors (Lipinski definition) is 5. The molecular weight excluding hydrogens is 419 g/mol. The number of piperazine rings is 1. The van der Waals surface area contributed by atoms with Crippen molar-refractivity contribution in [3.63, 3.8) is 0 Å². The van der Waals surface area contributed by atoms with E-state index in [1.165, 1.54) is 7.11 Å². The summed E-state index contributed by atoms with van der Waals surface area (Å²) < 4.78 is 21.1. The number of fused-ring (bicyclic) bond motifs is 1. The molecule has 176 valence electrons. The van der Waals surface area contributed by atoms with Gasteiger partial charge in [-0.05, 0) is 57.5 Å². The standard InChI is InChI=1S/C26H33FN4O2/c1-18-14-30(15-19(2)31(18)17-26(3,4)27)23-12-22-10-11-29(24(22)28-13-23)16-20-6-8-21(9-7-20)25(32)33-5/h6-13,18-19H,14-17H2,1-5H3/t18-,19+. The third kappa shape index (κ3) is 5.19. The minimum atomic E-state index is -1.20. The van der Waals surface area contributed by atoms with E-state index in [-0.39, 0.29) is 18.1 Å². The molecule has 1 aliphatic heterocycles. The first-order chi connectivity index (χ1) is 15.6. The molecule has 0 bridgehead atoms. The minimum absolute atomic E-state index is 0.261. The van der Waals surface area contributed by atoms with E-state index in [9.17, 15) is 9.18 Å². The lowest BCUT2D eigenvalue weighted by atomic mass is 10.0. The van der Waals surface area contributed by atoms with Gasteiger partial charge in [0.15, 0.2) is 0 Å². The number of ether oxygens (including phenoxy) is 1. The zero-order valence-corrected chi connectivity index (χ0v) is 20.1. The third-order valence-corrected chi connectivity index (χ3v) is 6.34. The van der Waals surface area contributed by atoms with Crippen LogP contribution in [0.1, 0.15) is 43.6 Å². The van der Waals surface area contributed by atoms with E-state index in [1.54, 1.807) is 26.0 Å². The summed E-state index contributed by atoms with van der Waals surface area (Å²) >= 11 is 0. The summed E-state index contributed by atoms with van der Waals surface area (Å²) in [6.07, 6.45) is 3.98. The molecule has 3 aromatic rings. The van der Waals surface area contributed by atoms with Gasteiger partial charge in [0.1, 0.15) is 11.3 Å². The summed E-state index contributed by atoms with van der Waals surface area (Å²) in [6, 6.07) is 12.2. The average Bonchev–Trinajstić information content (AvgIpc) is 3.17. The Morgan fingerprint density at radius 1 is 1.15 bits per heavy atom. The largest absolute Gasteiger partial charge is 0.465 e. The van der Waals surface area contributed by atoms with Gasteiger partial charge < -0.3 is 14.2 Å². The minimum Gasteiger partial charge on any atom is -0.465 e. The first-order valence-corrected chi connectivity index (χ1v) is 11.5. The van der Waals surface area contributed by atoms with Gasteiger partial charge >= 0.3 is 5.97 Å². The van der Waals surface area contributed by atoms with E-state index < -0.39 is 5.67 Å². The van der Waals surface area contributed by atoms with Gasteiger partial charge in [-0.3, -0.25) is 4.90 Å². The predicted octanol–water partition coefficient (Wildman–Crippen LogP) is 4.52. The van der Waals surface area contributed by atoms with Gasteiger partial charge in [0.05, 0.1) is 24.6 Å². The molecule has 0 radical (unpaired) electrons. The SMILES string of the molecule is COC(=O)c1ccc(Cn2ccc3cc(N4C[C@@H](C)N(CC(C)(C)F)[C@@H](C)C4)cnc32)cc1. The Balaban J connectivity index is 1.48. The number of alkyl halides is 1. The van der Waals surface area contributed by atoms with Crippen molar-refractivity contribution in [1.82, 2.24) is 14.5 Å². The van der Waals surface area contributed by atoms with Crippen LogP contribution in [0.2, 0.25) is 0 Å². The van der Waals surface area contributed by atoms with E-state index in [1.807, 2.05) is 24.5 Å². The van der Waals surface area contributed by atoms with Crippen molar-refractivity contribution >= 4 is 22.7 Å². The van der Waals surface area contributed by atoms with Gasteiger partial charge in [-0.1, -0.05) is 12.1 Å². The highest BCUT2D eigenvalue weighted by molar-refractivity contribution is 5.89. The topological polar surface area (TPSA) is 50.6 Å². The average molecular weight is 453 g/mol. The number of rotatable bonds is 6. The second kappa shape index (κ2) is 9.14. The third-order valence-electron chi connectivity index (χ3n) is 6.34. The summed E-state index contributed by atoms with van der Waals surface area (Å²) in [7, 11) is 1.38. The maximum absolute atomic E-state index is 14.3. The summed E-state index contributed by atoms with van der Waals surface area (Å²) in [6.45, 7) is 10.4. The number of aromatic nitrogens is 2. The Bertz CT molecular complexity index is 1110. The maximum Gasteiger partial charge on any atom is 0.337 e. The normalized spacial score (nSPS) is 19.8. The van der Waals surface area contributed by atoms with E-state index in [4.69, 9.17) is 9.72 Å². The number of nitrogens with zero attached hydrogens (tertiary/aromatic N) is 4. The molecule has 0 unspecified atom stereocenters. The van der Waals surface area contributed by atoms with Crippen LogP contribution >= 0.6 is 0 Å². The predicted molar refractivity (Wildman–Crippen MR) is 130 cm³/mol. The fourth-order valence-electron chi connectivity index (χ4n) is 4.74. The highest BCUT2D eigenvalue weighted by Crippen LogP contribution is 2.27. The fraction of sp³-hybridized carbons (Fsp3) is 0.462. The molecule has 4 rings (SSSR count). The number of pyridine rings is 1. The van der Waals surface area contributed by atoms with E-state index in [2.05, 4.69) is 40.3 Å². The lowest BCUT2D eigenvalue weighted by Crippen LogP contribution is -2.59. The molecule has 1 aliphatic rings. The number of esters is 1. The van der Waals surface area contributed by atoms with Crippen LogP contribution in [0.25, 0.3) is 11.0 Å². The fourth-order valence-corrected chi connectivity index (χ4v) is 4.74. The van der Waals surface area contributed by atoms with Crippen molar-refractivity contribution in [2.75, 3.05) is 31.6 Å². The first-order valence-electron chi connectivity index (χ1n) is 11.5. The van der Waals surface area contributed by atoms with Crippen LogP contribution in [0.5, 0.6) is 0 Å². The highest BCUT2D eigenvalue weighted by Gasteiger charge is 2.33. The van der Waals surface area contributed by atoms with Crippen molar-refractivity contribution in [2.45, 2.75) is 52.0 Å². The van der Waals surface area contributed by atoms with Crippen molar-refractivity contribution in [3.8, 4) is 0 Å². The molecule has 1 saturated heterocycles. The summed E-state index contributed by atoms with van der Waals surface area (Å²) in [5, 5.41) is 1.09. The number of methoxy groups -OCH3 is 1. The zero-order valence-electron chi connectivity index (χ0n) is 20.1. The highest BCUT2D eigenvalue weighted by atomic mass is 19.1. The van der Waals surface area contributed by atoms with Gasteiger partial charge in [0.25, 0.3) is 0 Å². The van der Waals surface area contributed by atoms with Crippen molar-refractivity contribution < 1.29 is 13.9 Å². The Morgan fingerprint density at radius 2 is 1.82 bits per heavy atom. The molecule has 1 fully saturated rings. The Kier molecular flexibility index (Phi) is 6.43. The van der Waals surface area contributed by atoms with Crippen LogP contribution < -0.4 is 4.90 Å². The lowest BCUT2D eigenvalue weighted by molar-refractivity contribution is 0.0586. The van der Waals surface area contributed by atoms with Gasteiger partial charge in [-0.15, -0.1) is 0 Å². The Labute approximate surface area is 195 Å². The number of carbonyl (C=O) groups is 1. The molecule has 1 aromatic carbocycles. The molecule has 2 aromatic heterocycles. The van der Waals surface area contributed by atoms with Gasteiger partial charge in [-0.25, -0.2) is 14.2 Å².